The summed E-state index contributed by atoms with van der Waals surface area (Å²) in [6, 6.07) is 3.49. The predicted molar refractivity (Wildman–Crippen MR) is 107 cm³/mol. The van der Waals surface area contributed by atoms with Gasteiger partial charge in [-0.1, -0.05) is 0 Å². The molecule has 2 fully saturated rings. The van der Waals surface area contributed by atoms with Crippen LogP contribution in [-0.2, 0) is 11.4 Å². The molecule has 2 atom stereocenters. The molecule has 0 aromatic carbocycles. The van der Waals surface area contributed by atoms with Crippen LogP contribution < -0.4 is 10.6 Å². The Labute approximate surface area is 171 Å². The molecule has 3 rings (SSSR count). The average molecular weight is 408 g/mol. The third-order valence-electron chi connectivity index (χ3n) is 5.77. The fourth-order valence-corrected chi connectivity index (χ4v) is 3.91. The quantitative estimate of drug-likeness (QED) is 0.460. The molecule has 0 unspecified atom stereocenters. The van der Waals surface area contributed by atoms with Crippen molar-refractivity contribution >= 4 is 11.8 Å². The molecule has 0 bridgehead atoms. The smallest absolute Gasteiger partial charge is 0.287 e. The van der Waals surface area contributed by atoms with Crippen LogP contribution in [0, 0.1) is 5.92 Å². The summed E-state index contributed by atoms with van der Waals surface area (Å²) < 4.78 is 5.29. The molecule has 8 heteroatoms. The number of carbonyl (C=O) groups is 2. The normalized spacial score (nSPS) is 22.6. The van der Waals surface area contributed by atoms with Crippen LogP contribution >= 0.6 is 0 Å². The molecule has 29 heavy (non-hydrogen) atoms. The van der Waals surface area contributed by atoms with Crippen molar-refractivity contribution in [2.24, 2.45) is 5.92 Å². The highest BCUT2D eigenvalue weighted by Gasteiger charge is 2.38. The first-order valence-corrected chi connectivity index (χ1v) is 10.5. The highest BCUT2D eigenvalue weighted by Crippen LogP contribution is 2.35. The van der Waals surface area contributed by atoms with Gasteiger partial charge in [0, 0.05) is 31.6 Å². The van der Waals surface area contributed by atoms with E-state index < -0.39 is 5.54 Å². The lowest BCUT2D eigenvalue weighted by atomic mass is 10.1. The van der Waals surface area contributed by atoms with E-state index in [-0.39, 0.29) is 42.9 Å². The Bertz CT molecular complexity index is 713. The van der Waals surface area contributed by atoms with E-state index in [1.54, 1.807) is 26.0 Å². The highest BCUT2D eigenvalue weighted by molar-refractivity contribution is 5.91. The first kappa shape index (κ1) is 21.8. The molecular weight excluding hydrogens is 374 g/mol. The van der Waals surface area contributed by atoms with Crippen LogP contribution in [0.4, 0.5) is 0 Å². The van der Waals surface area contributed by atoms with Crippen LogP contribution in [0.2, 0.25) is 0 Å². The van der Waals surface area contributed by atoms with E-state index in [0.717, 1.165) is 19.4 Å². The Morgan fingerprint density at radius 2 is 1.90 bits per heavy atom. The topological polar surface area (TPSA) is 115 Å². The van der Waals surface area contributed by atoms with Gasteiger partial charge in [-0.3, -0.25) is 14.5 Å². The number of furan rings is 1. The first-order chi connectivity index (χ1) is 13.8. The molecule has 1 saturated carbocycles. The number of carbonyl (C=O) groups excluding carboxylic acids is 2. The first-order valence-electron chi connectivity index (χ1n) is 10.5. The molecule has 1 aliphatic carbocycles. The summed E-state index contributed by atoms with van der Waals surface area (Å²) in [7, 11) is 0. The Hall–Kier alpha value is -1.90. The van der Waals surface area contributed by atoms with E-state index >= 15 is 0 Å². The molecule has 2 heterocycles. The maximum Gasteiger partial charge on any atom is 0.287 e. The van der Waals surface area contributed by atoms with Crippen molar-refractivity contribution in [2.75, 3.05) is 19.7 Å². The Morgan fingerprint density at radius 3 is 2.52 bits per heavy atom. The number of hydrogen-bond acceptors (Lipinski definition) is 6. The molecule has 2 amide bonds. The summed E-state index contributed by atoms with van der Waals surface area (Å²) in [4.78, 5) is 27.2. The van der Waals surface area contributed by atoms with Gasteiger partial charge in [0.05, 0.1) is 12.1 Å². The van der Waals surface area contributed by atoms with Crippen LogP contribution in [0.25, 0.3) is 0 Å². The van der Waals surface area contributed by atoms with Gasteiger partial charge in [0.15, 0.2) is 5.76 Å². The molecule has 0 spiro atoms. The lowest BCUT2D eigenvalue weighted by Crippen LogP contribution is -2.49. The molecule has 1 aliphatic heterocycles. The van der Waals surface area contributed by atoms with E-state index in [9.17, 15) is 14.7 Å². The van der Waals surface area contributed by atoms with Gasteiger partial charge in [-0.05, 0) is 57.6 Å². The minimum Gasteiger partial charge on any atom is -0.453 e. The predicted octanol–water partition coefficient (Wildman–Crippen LogP) is 1.02. The third kappa shape index (κ3) is 6.04. The fraction of sp³-hybridized carbons (Fsp3) is 0.714. The lowest BCUT2D eigenvalue weighted by molar-refractivity contribution is -0.124. The number of amides is 2. The number of nitrogens with one attached hydrogen (secondary N) is 2. The summed E-state index contributed by atoms with van der Waals surface area (Å²) in [6.07, 6.45) is 4.69. The van der Waals surface area contributed by atoms with Crippen molar-refractivity contribution in [2.45, 2.75) is 70.2 Å². The van der Waals surface area contributed by atoms with Crippen molar-refractivity contribution in [1.29, 1.82) is 0 Å². The second kappa shape index (κ2) is 9.28. The van der Waals surface area contributed by atoms with Crippen molar-refractivity contribution in [1.82, 2.24) is 15.5 Å². The Kier molecular flexibility index (Phi) is 6.97. The van der Waals surface area contributed by atoms with E-state index in [1.807, 2.05) is 0 Å². The second-order valence-electron chi connectivity index (χ2n) is 8.95. The number of nitrogens with zero attached hydrogens (tertiary/aromatic N) is 1. The summed E-state index contributed by atoms with van der Waals surface area (Å²) in [6.45, 7) is 4.72. The van der Waals surface area contributed by atoms with Crippen LogP contribution in [0.5, 0.6) is 0 Å². The van der Waals surface area contributed by atoms with Gasteiger partial charge in [-0.2, -0.15) is 0 Å². The van der Waals surface area contributed by atoms with E-state index in [2.05, 4.69) is 15.5 Å². The SMILES string of the molecule is CC(C)(CO)NC(=O)C[C@H]1CC[C@@H](CNC(=O)c2ccc(CO)o2)N1CC1CC1. The zero-order chi connectivity index (χ0) is 21.0. The minimum absolute atomic E-state index is 0.0494. The zero-order valence-corrected chi connectivity index (χ0v) is 17.3. The van der Waals surface area contributed by atoms with E-state index in [4.69, 9.17) is 9.52 Å². The van der Waals surface area contributed by atoms with Gasteiger partial charge in [0.25, 0.3) is 5.91 Å². The number of aliphatic hydroxyl groups excluding tert-OH is 2. The van der Waals surface area contributed by atoms with Crippen molar-refractivity contribution in [3.63, 3.8) is 0 Å². The maximum atomic E-state index is 12.5. The maximum absolute atomic E-state index is 12.5. The molecule has 1 aromatic rings. The van der Waals surface area contributed by atoms with Crippen molar-refractivity contribution < 1.29 is 24.2 Å². The minimum atomic E-state index is -0.624. The Balaban J connectivity index is 1.55. The van der Waals surface area contributed by atoms with Gasteiger partial charge in [-0.15, -0.1) is 0 Å². The van der Waals surface area contributed by atoms with Gasteiger partial charge in [-0.25, -0.2) is 0 Å². The molecule has 0 radical (unpaired) electrons. The summed E-state index contributed by atoms with van der Waals surface area (Å²) >= 11 is 0. The van der Waals surface area contributed by atoms with Gasteiger partial charge in [0.2, 0.25) is 5.91 Å². The average Bonchev–Trinajstić information content (AvgIpc) is 3.23. The molecule has 2 aliphatic rings. The highest BCUT2D eigenvalue weighted by atomic mass is 16.4. The fourth-order valence-electron chi connectivity index (χ4n) is 3.91. The van der Waals surface area contributed by atoms with Gasteiger partial charge >= 0.3 is 0 Å². The Morgan fingerprint density at radius 1 is 1.17 bits per heavy atom. The monoisotopic (exact) mass is 407 g/mol. The molecular formula is C21H33N3O5. The summed E-state index contributed by atoms with van der Waals surface area (Å²) in [5.41, 5.74) is -0.624. The lowest BCUT2D eigenvalue weighted by Gasteiger charge is -2.31. The van der Waals surface area contributed by atoms with E-state index in [1.165, 1.54) is 12.8 Å². The molecule has 162 valence electrons. The molecule has 1 saturated heterocycles. The second-order valence-corrected chi connectivity index (χ2v) is 8.95. The zero-order valence-electron chi connectivity index (χ0n) is 17.3. The third-order valence-corrected chi connectivity index (χ3v) is 5.77. The van der Waals surface area contributed by atoms with Gasteiger partial charge in [0.1, 0.15) is 12.4 Å². The number of hydrogen-bond donors (Lipinski definition) is 4. The number of likely N-dealkylation sites (tertiary alicyclic amines) is 1. The number of rotatable bonds is 10. The number of aliphatic hydroxyl groups is 2. The molecule has 1 aromatic heterocycles. The van der Waals surface area contributed by atoms with Crippen LogP contribution in [0.15, 0.2) is 16.5 Å². The summed E-state index contributed by atoms with van der Waals surface area (Å²) in [5.74, 6) is 0.905. The molecule has 8 nitrogen and oxygen atoms in total. The van der Waals surface area contributed by atoms with Crippen LogP contribution in [0.3, 0.4) is 0 Å². The molecule has 4 N–H and O–H groups in total. The van der Waals surface area contributed by atoms with Gasteiger partial charge < -0.3 is 25.3 Å². The van der Waals surface area contributed by atoms with Crippen molar-refractivity contribution in [3.8, 4) is 0 Å². The largest absolute Gasteiger partial charge is 0.453 e. The van der Waals surface area contributed by atoms with Crippen LogP contribution in [0.1, 0.15) is 62.3 Å². The van der Waals surface area contributed by atoms with E-state index in [0.29, 0.717) is 24.6 Å². The van der Waals surface area contributed by atoms with Crippen molar-refractivity contribution in [3.05, 3.63) is 23.7 Å². The summed E-state index contributed by atoms with van der Waals surface area (Å²) in [5, 5.41) is 24.3. The van der Waals surface area contributed by atoms with Crippen LogP contribution in [-0.4, -0.2) is 64.2 Å². The standard InChI is InChI=1S/C21H33N3O5/c1-21(2,13-26)23-19(27)9-15-5-6-16(24(15)11-14-3-4-14)10-22-20(28)18-8-7-17(12-25)29-18/h7-8,14-16,25-26H,3-6,9-13H2,1-2H3,(H,22,28)(H,23,27)/t15-,16+/m1/s1.